The summed E-state index contributed by atoms with van der Waals surface area (Å²) in [6, 6.07) is 17.7. The maximum atomic E-state index is 12.2. The number of methoxy groups -OCH3 is 1. The number of aromatic nitrogens is 1. The number of thiazole rings is 1. The molecule has 0 fully saturated rings. The van der Waals surface area contributed by atoms with E-state index in [9.17, 15) is 4.79 Å². The number of carbonyl (C=O) groups is 1. The van der Waals surface area contributed by atoms with Crippen LogP contribution >= 0.6 is 11.3 Å². The van der Waals surface area contributed by atoms with Gasteiger partial charge in [-0.15, -0.1) is 11.3 Å². The van der Waals surface area contributed by atoms with Crippen molar-refractivity contribution in [1.82, 2.24) is 4.98 Å². The molecule has 0 bridgehead atoms. The first kappa shape index (κ1) is 17.2. The molecule has 0 aliphatic rings. The zero-order chi connectivity index (χ0) is 17.6. The normalized spacial score (nSPS) is 10.5. The van der Waals surface area contributed by atoms with Crippen molar-refractivity contribution in [2.45, 2.75) is 19.8 Å². The SMILES string of the molecule is COc1ccc(Cc2sc(NC(=O)Cc3ccccc3)nc2C)cc1. The van der Waals surface area contributed by atoms with Gasteiger partial charge in [0.05, 0.1) is 19.2 Å². The van der Waals surface area contributed by atoms with Crippen LogP contribution < -0.4 is 10.1 Å². The van der Waals surface area contributed by atoms with Crippen LogP contribution in [0.5, 0.6) is 5.75 Å². The lowest BCUT2D eigenvalue weighted by Crippen LogP contribution is -2.14. The first-order valence-corrected chi connectivity index (χ1v) is 8.88. The molecule has 2 aromatic carbocycles. The summed E-state index contributed by atoms with van der Waals surface area (Å²) < 4.78 is 5.18. The second kappa shape index (κ2) is 7.94. The van der Waals surface area contributed by atoms with Crippen molar-refractivity contribution in [1.29, 1.82) is 0 Å². The number of anilines is 1. The van der Waals surface area contributed by atoms with E-state index in [1.165, 1.54) is 16.9 Å². The summed E-state index contributed by atoms with van der Waals surface area (Å²) in [5, 5.41) is 3.56. The number of hydrogen-bond acceptors (Lipinski definition) is 4. The summed E-state index contributed by atoms with van der Waals surface area (Å²) in [6.07, 6.45) is 1.15. The van der Waals surface area contributed by atoms with Crippen molar-refractivity contribution >= 4 is 22.4 Å². The van der Waals surface area contributed by atoms with Crippen LogP contribution in [0.1, 0.15) is 21.7 Å². The predicted molar refractivity (Wildman–Crippen MR) is 101 cm³/mol. The third-order valence-corrected chi connectivity index (χ3v) is 4.94. The molecule has 0 saturated heterocycles. The molecule has 4 nitrogen and oxygen atoms in total. The van der Waals surface area contributed by atoms with Crippen LogP contribution in [0.15, 0.2) is 54.6 Å². The molecule has 25 heavy (non-hydrogen) atoms. The van der Waals surface area contributed by atoms with Gasteiger partial charge in [-0.25, -0.2) is 4.98 Å². The largest absolute Gasteiger partial charge is 0.497 e. The lowest BCUT2D eigenvalue weighted by atomic mass is 10.1. The second-order valence-corrected chi connectivity index (χ2v) is 6.85. The van der Waals surface area contributed by atoms with Crippen LogP contribution in [0.3, 0.4) is 0 Å². The van der Waals surface area contributed by atoms with E-state index in [2.05, 4.69) is 10.3 Å². The Morgan fingerprint density at radius 1 is 1.08 bits per heavy atom. The lowest BCUT2D eigenvalue weighted by Gasteiger charge is -2.02. The Hall–Kier alpha value is -2.66. The zero-order valence-electron chi connectivity index (χ0n) is 14.3. The van der Waals surface area contributed by atoms with Gasteiger partial charge in [0.25, 0.3) is 0 Å². The average molecular weight is 352 g/mol. The number of hydrogen-bond donors (Lipinski definition) is 1. The summed E-state index contributed by atoms with van der Waals surface area (Å²) in [5.74, 6) is 0.801. The minimum atomic E-state index is -0.0454. The molecule has 128 valence electrons. The monoisotopic (exact) mass is 352 g/mol. The maximum absolute atomic E-state index is 12.2. The Kier molecular flexibility index (Phi) is 5.46. The van der Waals surface area contributed by atoms with Crippen LogP contribution in [0.4, 0.5) is 5.13 Å². The van der Waals surface area contributed by atoms with Gasteiger partial charge in [-0.3, -0.25) is 4.79 Å². The van der Waals surface area contributed by atoms with E-state index in [0.29, 0.717) is 11.6 Å². The van der Waals surface area contributed by atoms with Gasteiger partial charge in [-0.05, 0) is 30.2 Å². The molecule has 1 amide bonds. The highest BCUT2D eigenvalue weighted by molar-refractivity contribution is 7.15. The molecule has 0 spiro atoms. The lowest BCUT2D eigenvalue weighted by molar-refractivity contribution is -0.115. The number of nitrogens with one attached hydrogen (secondary N) is 1. The molecule has 1 aromatic heterocycles. The minimum absolute atomic E-state index is 0.0454. The standard InChI is InChI=1S/C20H20N2O2S/c1-14-18(12-16-8-10-17(24-2)11-9-16)25-20(21-14)22-19(23)13-15-6-4-3-5-7-15/h3-11H,12-13H2,1-2H3,(H,21,22,23). The quantitative estimate of drug-likeness (QED) is 0.722. The maximum Gasteiger partial charge on any atom is 0.230 e. The van der Waals surface area contributed by atoms with Crippen molar-refractivity contribution in [3.05, 3.63) is 76.3 Å². The van der Waals surface area contributed by atoms with Gasteiger partial charge >= 0.3 is 0 Å². The number of ether oxygens (including phenoxy) is 1. The number of rotatable bonds is 6. The molecule has 0 saturated carbocycles. The highest BCUT2D eigenvalue weighted by Gasteiger charge is 2.11. The number of aryl methyl sites for hydroxylation is 1. The fourth-order valence-electron chi connectivity index (χ4n) is 2.52. The van der Waals surface area contributed by atoms with Crippen LogP contribution in [0, 0.1) is 6.92 Å². The molecule has 3 rings (SSSR count). The van der Waals surface area contributed by atoms with Gasteiger partial charge < -0.3 is 10.1 Å². The molecule has 0 radical (unpaired) electrons. The first-order chi connectivity index (χ1) is 12.1. The van der Waals surface area contributed by atoms with E-state index >= 15 is 0 Å². The smallest absolute Gasteiger partial charge is 0.230 e. The Labute approximate surface area is 151 Å². The fraction of sp³-hybridized carbons (Fsp3) is 0.200. The van der Waals surface area contributed by atoms with Crippen molar-refractivity contribution < 1.29 is 9.53 Å². The highest BCUT2D eigenvalue weighted by atomic mass is 32.1. The van der Waals surface area contributed by atoms with Gasteiger partial charge in [-0.2, -0.15) is 0 Å². The third-order valence-electron chi connectivity index (χ3n) is 3.87. The molecular formula is C20H20N2O2S. The zero-order valence-corrected chi connectivity index (χ0v) is 15.1. The van der Waals surface area contributed by atoms with Gasteiger partial charge in [0, 0.05) is 11.3 Å². The van der Waals surface area contributed by atoms with Crippen molar-refractivity contribution in [2.75, 3.05) is 12.4 Å². The van der Waals surface area contributed by atoms with Crippen molar-refractivity contribution in [3.63, 3.8) is 0 Å². The van der Waals surface area contributed by atoms with Gasteiger partial charge in [0.2, 0.25) is 5.91 Å². The van der Waals surface area contributed by atoms with E-state index in [1.54, 1.807) is 7.11 Å². The van der Waals surface area contributed by atoms with Gasteiger partial charge in [0.15, 0.2) is 5.13 Å². The van der Waals surface area contributed by atoms with E-state index < -0.39 is 0 Å². The Morgan fingerprint density at radius 2 is 1.80 bits per heavy atom. The van der Waals surface area contributed by atoms with E-state index in [1.807, 2.05) is 61.5 Å². The summed E-state index contributed by atoms with van der Waals surface area (Å²) in [5.41, 5.74) is 3.14. The van der Waals surface area contributed by atoms with E-state index in [-0.39, 0.29) is 5.91 Å². The Morgan fingerprint density at radius 3 is 2.48 bits per heavy atom. The summed E-state index contributed by atoms with van der Waals surface area (Å²) in [4.78, 5) is 17.8. The molecule has 0 aliphatic heterocycles. The average Bonchev–Trinajstić information content (AvgIpc) is 2.95. The predicted octanol–water partition coefficient (Wildman–Crippen LogP) is 4.23. The molecule has 5 heteroatoms. The number of carbonyl (C=O) groups excluding carboxylic acids is 1. The molecule has 0 atom stereocenters. The number of amides is 1. The fourth-order valence-corrected chi connectivity index (χ4v) is 3.53. The molecule has 0 unspecified atom stereocenters. The summed E-state index contributed by atoms with van der Waals surface area (Å²) >= 11 is 1.53. The second-order valence-electron chi connectivity index (χ2n) is 5.76. The highest BCUT2D eigenvalue weighted by Crippen LogP contribution is 2.26. The van der Waals surface area contributed by atoms with Gasteiger partial charge in [-0.1, -0.05) is 42.5 Å². The van der Waals surface area contributed by atoms with Crippen LogP contribution in [-0.2, 0) is 17.6 Å². The van der Waals surface area contributed by atoms with Crippen molar-refractivity contribution in [2.24, 2.45) is 0 Å². The molecule has 3 aromatic rings. The van der Waals surface area contributed by atoms with E-state index in [0.717, 1.165) is 28.3 Å². The Balaban J connectivity index is 1.64. The van der Waals surface area contributed by atoms with Gasteiger partial charge in [0.1, 0.15) is 5.75 Å². The summed E-state index contributed by atoms with van der Waals surface area (Å²) in [6.45, 7) is 1.97. The molecular weight excluding hydrogens is 332 g/mol. The number of nitrogens with zero attached hydrogens (tertiary/aromatic N) is 1. The minimum Gasteiger partial charge on any atom is -0.497 e. The first-order valence-electron chi connectivity index (χ1n) is 8.07. The Bertz CT molecular complexity index is 842. The van der Waals surface area contributed by atoms with Crippen molar-refractivity contribution in [3.8, 4) is 5.75 Å². The molecule has 0 aliphatic carbocycles. The van der Waals surface area contributed by atoms with Crippen LogP contribution in [0.2, 0.25) is 0 Å². The molecule has 1 heterocycles. The topological polar surface area (TPSA) is 51.2 Å². The number of benzene rings is 2. The third kappa shape index (κ3) is 4.67. The van der Waals surface area contributed by atoms with Crippen LogP contribution in [-0.4, -0.2) is 18.0 Å². The molecule has 1 N–H and O–H groups in total. The van der Waals surface area contributed by atoms with Crippen LogP contribution in [0.25, 0.3) is 0 Å². The van der Waals surface area contributed by atoms with E-state index in [4.69, 9.17) is 4.74 Å². The summed E-state index contributed by atoms with van der Waals surface area (Å²) in [7, 11) is 1.66.